The van der Waals surface area contributed by atoms with E-state index in [1.54, 1.807) is 4.90 Å². The van der Waals surface area contributed by atoms with Crippen LogP contribution in [0.15, 0.2) is 72.3 Å². The van der Waals surface area contributed by atoms with Gasteiger partial charge in [0.05, 0.1) is 0 Å². The van der Waals surface area contributed by atoms with E-state index in [1.807, 2.05) is 20.8 Å². The van der Waals surface area contributed by atoms with Crippen LogP contribution in [0.25, 0.3) is 0 Å². The zero-order valence-electron chi connectivity index (χ0n) is 20.4. The molecule has 0 unspecified atom stereocenters. The van der Waals surface area contributed by atoms with Gasteiger partial charge in [-0.15, -0.1) is 0 Å². The van der Waals surface area contributed by atoms with E-state index < -0.39 is 13.9 Å². The van der Waals surface area contributed by atoms with E-state index in [4.69, 9.17) is 9.16 Å². The quantitative estimate of drug-likeness (QED) is 0.451. The van der Waals surface area contributed by atoms with E-state index in [-0.39, 0.29) is 11.1 Å². The van der Waals surface area contributed by atoms with Crippen molar-refractivity contribution in [3.05, 3.63) is 72.3 Å². The van der Waals surface area contributed by atoms with Crippen molar-refractivity contribution in [3.8, 4) is 0 Å². The third-order valence-corrected chi connectivity index (χ3v) is 10.8. The predicted octanol–water partition coefficient (Wildman–Crippen LogP) is 5.13. The minimum Gasteiger partial charge on any atom is -0.444 e. The van der Waals surface area contributed by atoms with Crippen molar-refractivity contribution < 1.29 is 14.0 Å². The average Bonchev–Trinajstić information content (AvgIpc) is 3.20. The van der Waals surface area contributed by atoms with Crippen molar-refractivity contribution in [3.63, 3.8) is 0 Å². The zero-order chi connectivity index (χ0) is 23.4. The number of ether oxygens (including phenoxy) is 1. The first-order chi connectivity index (χ1) is 15.0. The number of carbonyl (C=O) groups excluding carboxylic acids is 1. The summed E-state index contributed by atoms with van der Waals surface area (Å²) >= 11 is 0. The Morgan fingerprint density at radius 3 is 1.91 bits per heavy atom. The minimum absolute atomic E-state index is 0.0394. The fraction of sp³-hybridized carbons (Fsp3) is 0.444. The Kier molecular flexibility index (Phi) is 7.31. The fourth-order valence-electron chi connectivity index (χ4n) is 4.36. The molecule has 0 radical (unpaired) electrons. The van der Waals surface area contributed by atoms with E-state index in [0.29, 0.717) is 19.7 Å². The smallest absolute Gasteiger partial charge is 0.410 e. The average molecular weight is 452 g/mol. The molecule has 0 atom stereocenters. The highest BCUT2D eigenvalue weighted by Crippen LogP contribution is 2.37. The Labute approximate surface area is 194 Å². The van der Waals surface area contributed by atoms with Gasteiger partial charge in [-0.05, 0) is 42.6 Å². The van der Waals surface area contributed by atoms with Crippen molar-refractivity contribution in [1.29, 1.82) is 0 Å². The van der Waals surface area contributed by atoms with Gasteiger partial charge in [0.15, 0.2) is 0 Å². The standard InChI is InChI=1S/C27H37NO3Si/c1-26(2,3)31-25(29)28-19-17-22(21-28)18-20-30-32(27(4,5)6,23-13-9-7-10-14-23)24-15-11-8-12-16-24/h7-17H,18-21H2,1-6H3. The molecule has 1 aliphatic heterocycles. The maximum absolute atomic E-state index is 12.4. The van der Waals surface area contributed by atoms with Gasteiger partial charge < -0.3 is 14.1 Å². The van der Waals surface area contributed by atoms with Crippen molar-refractivity contribution in [2.45, 2.75) is 58.6 Å². The van der Waals surface area contributed by atoms with Gasteiger partial charge in [0.25, 0.3) is 8.32 Å². The molecule has 0 aliphatic carbocycles. The lowest BCUT2D eigenvalue weighted by Crippen LogP contribution is -2.66. The molecule has 5 heteroatoms. The summed E-state index contributed by atoms with van der Waals surface area (Å²) in [5, 5.41) is 2.53. The Hall–Kier alpha value is -2.37. The molecule has 2 aromatic rings. The Morgan fingerprint density at radius 2 is 1.44 bits per heavy atom. The molecule has 0 aromatic heterocycles. The molecular formula is C27H37NO3Si. The first-order valence-electron chi connectivity index (χ1n) is 11.4. The Bertz CT molecular complexity index is 887. The predicted molar refractivity (Wildman–Crippen MR) is 134 cm³/mol. The van der Waals surface area contributed by atoms with Crippen LogP contribution in [-0.2, 0) is 9.16 Å². The van der Waals surface area contributed by atoms with Gasteiger partial charge in [-0.2, -0.15) is 0 Å². The van der Waals surface area contributed by atoms with E-state index in [9.17, 15) is 4.79 Å². The summed E-state index contributed by atoms with van der Waals surface area (Å²) in [6, 6.07) is 21.4. The molecule has 0 saturated carbocycles. The number of amides is 1. The van der Waals surface area contributed by atoms with Crippen LogP contribution in [0, 0.1) is 0 Å². The lowest BCUT2D eigenvalue weighted by atomic mass is 10.2. The molecule has 0 spiro atoms. The molecule has 1 aliphatic rings. The molecule has 32 heavy (non-hydrogen) atoms. The number of hydrogen-bond donors (Lipinski definition) is 0. The molecule has 0 fully saturated rings. The summed E-state index contributed by atoms with van der Waals surface area (Å²) in [5.74, 6) is 0. The van der Waals surface area contributed by atoms with E-state index in [1.165, 1.54) is 15.9 Å². The molecule has 0 saturated heterocycles. The van der Waals surface area contributed by atoms with Crippen molar-refractivity contribution in [2.75, 3.05) is 19.7 Å². The molecule has 1 heterocycles. The highest BCUT2D eigenvalue weighted by molar-refractivity contribution is 6.99. The lowest BCUT2D eigenvalue weighted by Gasteiger charge is -2.43. The van der Waals surface area contributed by atoms with Crippen molar-refractivity contribution in [1.82, 2.24) is 4.90 Å². The van der Waals surface area contributed by atoms with Gasteiger partial charge in [-0.25, -0.2) is 4.79 Å². The van der Waals surface area contributed by atoms with Crippen LogP contribution in [-0.4, -0.2) is 44.6 Å². The second-order valence-corrected chi connectivity index (χ2v) is 14.8. The lowest BCUT2D eigenvalue weighted by molar-refractivity contribution is 0.0300. The van der Waals surface area contributed by atoms with Crippen LogP contribution >= 0.6 is 0 Å². The van der Waals surface area contributed by atoms with E-state index >= 15 is 0 Å². The number of nitrogens with zero attached hydrogens (tertiary/aromatic N) is 1. The second-order valence-electron chi connectivity index (χ2n) is 10.5. The normalized spacial score (nSPS) is 14.9. The SMILES string of the molecule is CC(C)(C)OC(=O)N1CC=C(CCO[Si](c2ccccc2)(c2ccccc2)C(C)(C)C)C1. The largest absolute Gasteiger partial charge is 0.444 e. The number of benzene rings is 2. The van der Waals surface area contributed by atoms with Crippen molar-refractivity contribution >= 4 is 24.8 Å². The number of hydrogen-bond acceptors (Lipinski definition) is 3. The molecule has 0 bridgehead atoms. The van der Waals surface area contributed by atoms with Crippen molar-refractivity contribution in [2.24, 2.45) is 0 Å². The second kappa shape index (κ2) is 9.63. The summed E-state index contributed by atoms with van der Waals surface area (Å²) < 4.78 is 12.5. The van der Waals surface area contributed by atoms with Gasteiger partial charge >= 0.3 is 6.09 Å². The first-order valence-corrected chi connectivity index (χ1v) is 13.3. The van der Waals surface area contributed by atoms with Crippen LogP contribution in [0.5, 0.6) is 0 Å². The van der Waals surface area contributed by atoms with Gasteiger partial charge in [0, 0.05) is 19.7 Å². The van der Waals surface area contributed by atoms with E-state index in [0.717, 1.165) is 6.42 Å². The molecule has 172 valence electrons. The third-order valence-electron chi connectivity index (χ3n) is 5.80. The summed E-state index contributed by atoms with van der Waals surface area (Å²) in [4.78, 5) is 14.1. The summed E-state index contributed by atoms with van der Waals surface area (Å²) in [6.07, 6.45) is 2.69. The van der Waals surface area contributed by atoms with Crippen LogP contribution < -0.4 is 10.4 Å². The maximum Gasteiger partial charge on any atom is 0.410 e. The molecule has 3 rings (SSSR count). The molecule has 2 aromatic carbocycles. The highest BCUT2D eigenvalue weighted by Gasteiger charge is 2.50. The fourth-order valence-corrected chi connectivity index (χ4v) is 8.92. The summed E-state index contributed by atoms with van der Waals surface area (Å²) in [7, 11) is -2.52. The van der Waals surface area contributed by atoms with Gasteiger partial charge in [0.1, 0.15) is 5.60 Å². The highest BCUT2D eigenvalue weighted by atomic mass is 28.4. The minimum atomic E-state index is -2.52. The Balaban J connectivity index is 1.76. The van der Waals surface area contributed by atoms with Crippen LogP contribution in [0.4, 0.5) is 4.79 Å². The number of carbonyl (C=O) groups is 1. The van der Waals surface area contributed by atoms with Gasteiger partial charge in [-0.1, -0.05) is 93.1 Å². The summed E-state index contributed by atoms with van der Waals surface area (Å²) in [6.45, 7) is 14.4. The maximum atomic E-state index is 12.4. The third kappa shape index (κ3) is 5.51. The monoisotopic (exact) mass is 451 g/mol. The van der Waals surface area contributed by atoms with Crippen LogP contribution in [0.1, 0.15) is 48.0 Å². The first kappa shape index (κ1) is 24.3. The molecule has 4 nitrogen and oxygen atoms in total. The van der Waals surface area contributed by atoms with Crippen LogP contribution in [0.2, 0.25) is 5.04 Å². The number of rotatable bonds is 6. The van der Waals surface area contributed by atoms with Gasteiger partial charge in [-0.3, -0.25) is 0 Å². The van der Waals surface area contributed by atoms with E-state index in [2.05, 4.69) is 87.5 Å². The zero-order valence-corrected chi connectivity index (χ0v) is 21.4. The summed E-state index contributed by atoms with van der Waals surface area (Å²) in [5.41, 5.74) is 0.750. The molecule has 1 amide bonds. The molecular weight excluding hydrogens is 414 g/mol. The molecule has 0 N–H and O–H groups in total. The Morgan fingerprint density at radius 1 is 0.906 bits per heavy atom. The van der Waals surface area contributed by atoms with Gasteiger partial charge in [0.2, 0.25) is 0 Å². The van der Waals surface area contributed by atoms with Crippen LogP contribution in [0.3, 0.4) is 0 Å². The topological polar surface area (TPSA) is 38.8 Å².